The molecule has 1 N–H and O–H groups in total. The molecule has 0 saturated heterocycles. The van der Waals surface area contributed by atoms with Gasteiger partial charge in [0.1, 0.15) is 12.4 Å². The van der Waals surface area contributed by atoms with Gasteiger partial charge in [0.15, 0.2) is 0 Å². The SMILES string of the molecule is O=C(OCCO)N1CCc2ccc(F)cc21. The highest BCUT2D eigenvalue weighted by Gasteiger charge is 2.25. The minimum Gasteiger partial charge on any atom is -0.447 e. The highest BCUT2D eigenvalue weighted by atomic mass is 19.1. The standard InChI is InChI=1S/C11H12FNO3/c12-9-2-1-8-3-4-13(10(8)7-9)11(15)16-6-5-14/h1-2,7,14H,3-6H2. The number of hydrogen-bond donors (Lipinski definition) is 1. The summed E-state index contributed by atoms with van der Waals surface area (Å²) in [5, 5.41) is 8.54. The average Bonchev–Trinajstić information content (AvgIpc) is 2.68. The number of benzene rings is 1. The van der Waals surface area contributed by atoms with Crippen LogP contribution < -0.4 is 4.90 Å². The summed E-state index contributed by atoms with van der Waals surface area (Å²) in [5.74, 6) is -0.374. The Morgan fingerprint density at radius 1 is 1.56 bits per heavy atom. The zero-order valence-electron chi connectivity index (χ0n) is 8.65. The maximum Gasteiger partial charge on any atom is 0.414 e. The molecule has 2 rings (SSSR count). The molecule has 0 bridgehead atoms. The number of amides is 1. The molecule has 16 heavy (non-hydrogen) atoms. The van der Waals surface area contributed by atoms with Crippen LogP contribution in [0.2, 0.25) is 0 Å². The number of fused-ring (bicyclic) bond motifs is 1. The van der Waals surface area contributed by atoms with E-state index >= 15 is 0 Å². The highest BCUT2D eigenvalue weighted by molar-refractivity contribution is 5.90. The Morgan fingerprint density at radius 2 is 2.38 bits per heavy atom. The Labute approximate surface area is 92.2 Å². The van der Waals surface area contributed by atoms with Crippen molar-refractivity contribution in [1.82, 2.24) is 0 Å². The number of rotatable bonds is 2. The summed E-state index contributed by atoms with van der Waals surface area (Å²) < 4.78 is 17.8. The van der Waals surface area contributed by atoms with Crippen molar-refractivity contribution in [2.24, 2.45) is 0 Å². The third-order valence-corrected chi connectivity index (χ3v) is 2.48. The number of aliphatic hydroxyl groups excluding tert-OH is 1. The van der Waals surface area contributed by atoms with E-state index < -0.39 is 6.09 Å². The summed E-state index contributed by atoms with van der Waals surface area (Å²) >= 11 is 0. The zero-order chi connectivity index (χ0) is 11.5. The third kappa shape index (κ3) is 1.99. The molecule has 0 unspecified atom stereocenters. The topological polar surface area (TPSA) is 49.8 Å². The van der Waals surface area contributed by atoms with Gasteiger partial charge in [0, 0.05) is 6.54 Å². The molecular weight excluding hydrogens is 213 g/mol. The lowest BCUT2D eigenvalue weighted by Crippen LogP contribution is -2.30. The fourth-order valence-corrected chi connectivity index (χ4v) is 1.75. The summed E-state index contributed by atoms with van der Waals surface area (Å²) in [4.78, 5) is 12.9. The molecule has 1 amide bonds. The molecular formula is C11H12FNO3. The van der Waals surface area contributed by atoms with Gasteiger partial charge in [-0.3, -0.25) is 4.90 Å². The molecule has 1 aliphatic rings. The first-order valence-corrected chi connectivity index (χ1v) is 5.06. The molecule has 0 saturated carbocycles. The van der Waals surface area contributed by atoms with Gasteiger partial charge >= 0.3 is 6.09 Å². The molecule has 0 atom stereocenters. The fraction of sp³-hybridized carbons (Fsp3) is 0.364. The van der Waals surface area contributed by atoms with Crippen LogP contribution in [0, 0.1) is 5.82 Å². The van der Waals surface area contributed by atoms with Gasteiger partial charge in [-0.1, -0.05) is 6.07 Å². The van der Waals surface area contributed by atoms with Crippen LogP contribution in [-0.2, 0) is 11.2 Å². The number of hydrogen-bond acceptors (Lipinski definition) is 3. The molecule has 1 aromatic rings. The van der Waals surface area contributed by atoms with Crippen LogP contribution in [0.1, 0.15) is 5.56 Å². The molecule has 0 radical (unpaired) electrons. The van der Waals surface area contributed by atoms with Crippen LogP contribution in [0.5, 0.6) is 0 Å². The van der Waals surface area contributed by atoms with Gasteiger partial charge < -0.3 is 9.84 Å². The van der Waals surface area contributed by atoms with E-state index in [1.54, 1.807) is 6.07 Å². The second-order valence-corrected chi connectivity index (χ2v) is 3.51. The van der Waals surface area contributed by atoms with Gasteiger partial charge in [-0.15, -0.1) is 0 Å². The molecule has 1 aliphatic heterocycles. The Bertz CT molecular complexity index is 408. The van der Waals surface area contributed by atoms with Crippen LogP contribution in [0.4, 0.5) is 14.9 Å². The van der Waals surface area contributed by atoms with E-state index in [1.165, 1.54) is 17.0 Å². The van der Waals surface area contributed by atoms with E-state index in [1.807, 2.05) is 0 Å². The number of ether oxygens (including phenoxy) is 1. The Kier molecular flexibility index (Phi) is 3.05. The van der Waals surface area contributed by atoms with Crippen molar-refractivity contribution in [1.29, 1.82) is 0 Å². The van der Waals surface area contributed by atoms with Gasteiger partial charge in [0.05, 0.1) is 12.3 Å². The van der Waals surface area contributed by atoms with Crippen molar-refractivity contribution in [3.8, 4) is 0 Å². The second kappa shape index (κ2) is 4.49. The van der Waals surface area contributed by atoms with Crippen LogP contribution >= 0.6 is 0 Å². The van der Waals surface area contributed by atoms with E-state index in [4.69, 9.17) is 9.84 Å². The summed E-state index contributed by atoms with van der Waals surface area (Å²) in [6.07, 6.45) is 0.155. The monoisotopic (exact) mass is 225 g/mol. The summed E-state index contributed by atoms with van der Waals surface area (Å²) in [7, 11) is 0. The molecule has 0 aliphatic carbocycles. The van der Waals surface area contributed by atoms with Crippen LogP contribution in [0.25, 0.3) is 0 Å². The van der Waals surface area contributed by atoms with Gasteiger partial charge in [0.2, 0.25) is 0 Å². The quantitative estimate of drug-likeness (QED) is 0.825. The predicted molar refractivity (Wildman–Crippen MR) is 55.9 cm³/mol. The zero-order valence-corrected chi connectivity index (χ0v) is 8.65. The lowest BCUT2D eigenvalue weighted by atomic mass is 10.2. The second-order valence-electron chi connectivity index (χ2n) is 3.51. The van der Waals surface area contributed by atoms with E-state index in [2.05, 4.69) is 0 Å². The molecule has 5 heteroatoms. The lowest BCUT2D eigenvalue weighted by molar-refractivity contribution is 0.125. The average molecular weight is 225 g/mol. The lowest BCUT2D eigenvalue weighted by Gasteiger charge is -2.16. The van der Waals surface area contributed by atoms with Crippen molar-refractivity contribution in [3.05, 3.63) is 29.6 Å². The molecule has 0 fully saturated rings. The highest BCUT2D eigenvalue weighted by Crippen LogP contribution is 2.28. The smallest absolute Gasteiger partial charge is 0.414 e. The number of anilines is 1. The molecule has 0 aromatic heterocycles. The molecule has 1 aromatic carbocycles. The van der Waals surface area contributed by atoms with E-state index in [-0.39, 0.29) is 19.0 Å². The summed E-state index contributed by atoms with van der Waals surface area (Å²) in [6.45, 7) is 0.235. The maximum atomic E-state index is 13.0. The maximum absolute atomic E-state index is 13.0. The largest absolute Gasteiger partial charge is 0.447 e. The number of halogens is 1. The normalized spacial score (nSPS) is 13.8. The molecule has 86 valence electrons. The molecule has 0 spiro atoms. The molecule has 4 nitrogen and oxygen atoms in total. The van der Waals surface area contributed by atoms with Crippen LogP contribution in [0.3, 0.4) is 0 Å². The van der Waals surface area contributed by atoms with Crippen molar-refractivity contribution in [3.63, 3.8) is 0 Å². The van der Waals surface area contributed by atoms with Gasteiger partial charge in [-0.2, -0.15) is 0 Å². The number of carbonyl (C=O) groups excluding carboxylic acids is 1. The first-order valence-electron chi connectivity index (χ1n) is 5.06. The van der Waals surface area contributed by atoms with Gasteiger partial charge in [-0.25, -0.2) is 9.18 Å². The summed E-state index contributed by atoms with van der Waals surface area (Å²) in [5.41, 5.74) is 1.49. The van der Waals surface area contributed by atoms with Crippen molar-refractivity contribution < 1.29 is 19.0 Å². The molecule has 1 heterocycles. The van der Waals surface area contributed by atoms with Crippen molar-refractivity contribution >= 4 is 11.8 Å². The Balaban J connectivity index is 2.16. The first kappa shape index (κ1) is 10.9. The van der Waals surface area contributed by atoms with Gasteiger partial charge in [-0.05, 0) is 24.1 Å². The van der Waals surface area contributed by atoms with E-state index in [0.717, 1.165) is 5.56 Å². The van der Waals surface area contributed by atoms with Crippen molar-refractivity contribution in [2.75, 3.05) is 24.7 Å². The first-order chi connectivity index (χ1) is 7.72. The Hall–Kier alpha value is -1.62. The van der Waals surface area contributed by atoms with Crippen LogP contribution in [-0.4, -0.2) is 31.0 Å². The van der Waals surface area contributed by atoms with Crippen molar-refractivity contribution in [2.45, 2.75) is 6.42 Å². The van der Waals surface area contributed by atoms with E-state index in [9.17, 15) is 9.18 Å². The van der Waals surface area contributed by atoms with Crippen LogP contribution in [0.15, 0.2) is 18.2 Å². The number of aliphatic hydroxyl groups is 1. The minimum absolute atomic E-state index is 0.0417. The summed E-state index contributed by atoms with van der Waals surface area (Å²) in [6, 6.07) is 4.37. The van der Waals surface area contributed by atoms with E-state index in [0.29, 0.717) is 18.7 Å². The number of carbonyl (C=O) groups is 1. The fourth-order valence-electron chi connectivity index (χ4n) is 1.75. The Morgan fingerprint density at radius 3 is 3.12 bits per heavy atom. The number of nitrogens with zero attached hydrogens (tertiary/aromatic N) is 1. The third-order valence-electron chi connectivity index (χ3n) is 2.48. The van der Waals surface area contributed by atoms with Gasteiger partial charge in [0.25, 0.3) is 0 Å². The predicted octanol–water partition coefficient (Wildman–Crippen LogP) is 1.32. The minimum atomic E-state index is -0.543.